The maximum Gasteiger partial charge on any atom is 0.191 e. The van der Waals surface area contributed by atoms with Gasteiger partial charge in [0.25, 0.3) is 0 Å². The lowest BCUT2D eigenvalue weighted by Gasteiger charge is -2.25. The summed E-state index contributed by atoms with van der Waals surface area (Å²) >= 11 is 0. The van der Waals surface area contributed by atoms with E-state index in [1.165, 1.54) is 11.1 Å². The minimum Gasteiger partial charge on any atom is -0.356 e. The molecule has 0 spiro atoms. The van der Waals surface area contributed by atoms with Crippen LogP contribution in [0, 0.1) is 6.92 Å². The van der Waals surface area contributed by atoms with Crippen molar-refractivity contribution >= 4 is 5.96 Å². The number of hydrogen-bond donors (Lipinski definition) is 2. The summed E-state index contributed by atoms with van der Waals surface area (Å²) in [5, 5.41) is 11.0. The van der Waals surface area contributed by atoms with Crippen molar-refractivity contribution in [1.29, 1.82) is 0 Å². The van der Waals surface area contributed by atoms with Gasteiger partial charge in [-0.2, -0.15) is 5.10 Å². The lowest BCUT2D eigenvalue weighted by molar-refractivity contribution is 0.238. The Balaban J connectivity index is 1.64. The topological polar surface area (TPSA) is 57.5 Å². The fraction of sp³-hybridized carbons (Fsp3) is 0.500. The molecule has 0 fully saturated rings. The third-order valence-corrected chi connectivity index (χ3v) is 4.50. The lowest BCUT2D eigenvalue weighted by atomic mass is 10.1. The molecule has 2 aromatic rings. The number of nitrogens with one attached hydrogen (secondary N) is 2. The summed E-state index contributed by atoms with van der Waals surface area (Å²) in [5.41, 5.74) is 2.53. The highest BCUT2D eigenvalue weighted by molar-refractivity contribution is 5.79. The molecule has 0 aliphatic rings. The minimum atomic E-state index is 0.493. The first-order valence-electron chi connectivity index (χ1n) is 9.26. The fourth-order valence-electron chi connectivity index (χ4n) is 2.75. The number of aromatic nitrogens is 2. The summed E-state index contributed by atoms with van der Waals surface area (Å²) in [6, 6.07) is 11.1. The van der Waals surface area contributed by atoms with Crippen molar-refractivity contribution < 1.29 is 0 Å². The van der Waals surface area contributed by atoms with Crippen LogP contribution in [0.3, 0.4) is 0 Å². The van der Waals surface area contributed by atoms with Crippen molar-refractivity contribution in [3.63, 3.8) is 0 Å². The Morgan fingerprint density at radius 3 is 2.62 bits per heavy atom. The first-order valence-corrected chi connectivity index (χ1v) is 9.26. The molecule has 2 N–H and O–H groups in total. The predicted octanol–water partition coefficient (Wildman–Crippen LogP) is 2.27. The Labute approximate surface area is 157 Å². The highest BCUT2D eigenvalue weighted by atomic mass is 15.3. The second-order valence-corrected chi connectivity index (χ2v) is 6.74. The SMILES string of the molecule is CN=C(NCCC(C)N(C)Cc1ccccc1)NCCn1cc(C)cn1. The van der Waals surface area contributed by atoms with Gasteiger partial charge in [-0.3, -0.25) is 14.6 Å². The van der Waals surface area contributed by atoms with Crippen LogP contribution in [0.4, 0.5) is 0 Å². The van der Waals surface area contributed by atoms with Gasteiger partial charge in [-0.25, -0.2) is 0 Å². The van der Waals surface area contributed by atoms with E-state index in [0.29, 0.717) is 6.04 Å². The zero-order valence-corrected chi connectivity index (χ0v) is 16.4. The zero-order chi connectivity index (χ0) is 18.8. The van der Waals surface area contributed by atoms with Crippen LogP contribution in [0.2, 0.25) is 0 Å². The van der Waals surface area contributed by atoms with Crippen molar-refractivity contribution in [2.75, 3.05) is 27.2 Å². The molecule has 142 valence electrons. The fourth-order valence-corrected chi connectivity index (χ4v) is 2.75. The van der Waals surface area contributed by atoms with E-state index >= 15 is 0 Å². The molecule has 0 aliphatic heterocycles. The molecule has 6 heteroatoms. The predicted molar refractivity (Wildman–Crippen MR) is 108 cm³/mol. The van der Waals surface area contributed by atoms with Crippen molar-refractivity contribution in [1.82, 2.24) is 25.3 Å². The van der Waals surface area contributed by atoms with E-state index in [9.17, 15) is 0 Å². The average Bonchev–Trinajstić information content (AvgIpc) is 3.06. The number of aliphatic imine (C=N–C) groups is 1. The van der Waals surface area contributed by atoms with Gasteiger partial charge >= 0.3 is 0 Å². The van der Waals surface area contributed by atoms with Crippen LogP contribution in [0.25, 0.3) is 0 Å². The van der Waals surface area contributed by atoms with Crippen molar-refractivity contribution in [2.24, 2.45) is 4.99 Å². The van der Waals surface area contributed by atoms with Crippen LogP contribution >= 0.6 is 0 Å². The maximum atomic E-state index is 4.29. The van der Waals surface area contributed by atoms with Crippen molar-refractivity contribution in [3.8, 4) is 0 Å². The summed E-state index contributed by atoms with van der Waals surface area (Å²) in [6.45, 7) is 7.79. The molecule has 0 saturated carbocycles. The van der Waals surface area contributed by atoms with E-state index in [1.54, 1.807) is 7.05 Å². The standard InChI is InChI=1S/C20H32N6/c1-17-14-24-26(15-17)13-12-23-20(21-3)22-11-10-18(2)25(4)16-19-8-6-5-7-9-19/h5-9,14-15,18H,10-13,16H2,1-4H3,(H2,21,22,23). The van der Waals surface area contributed by atoms with E-state index in [4.69, 9.17) is 0 Å². The number of rotatable bonds is 9. The number of guanidine groups is 1. The van der Waals surface area contributed by atoms with Crippen LogP contribution < -0.4 is 10.6 Å². The largest absolute Gasteiger partial charge is 0.356 e. The summed E-state index contributed by atoms with van der Waals surface area (Å²) in [6.07, 6.45) is 4.98. The molecule has 26 heavy (non-hydrogen) atoms. The minimum absolute atomic E-state index is 0.493. The maximum absolute atomic E-state index is 4.29. The van der Waals surface area contributed by atoms with E-state index in [-0.39, 0.29) is 0 Å². The Kier molecular flexibility index (Phi) is 8.15. The van der Waals surface area contributed by atoms with Crippen LogP contribution in [0.5, 0.6) is 0 Å². The molecular weight excluding hydrogens is 324 g/mol. The van der Waals surface area contributed by atoms with Gasteiger partial charge < -0.3 is 10.6 Å². The quantitative estimate of drug-likeness (QED) is 0.535. The normalized spacial score (nSPS) is 13.0. The average molecular weight is 357 g/mol. The van der Waals surface area contributed by atoms with Gasteiger partial charge in [0.1, 0.15) is 0 Å². The molecule has 1 aromatic heterocycles. The summed E-state index contributed by atoms with van der Waals surface area (Å²) in [7, 11) is 3.98. The Morgan fingerprint density at radius 2 is 1.96 bits per heavy atom. The van der Waals surface area contributed by atoms with E-state index < -0.39 is 0 Å². The smallest absolute Gasteiger partial charge is 0.191 e. The molecule has 1 aromatic carbocycles. The molecule has 1 atom stereocenters. The van der Waals surface area contributed by atoms with Gasteiger partial charge in [0.15, 0.2) is 5.96 Å². The van der Waals surface area contributed by atoms with Crippen molar-refractivity contribution in [2.45, 2.75) is 39.4 Å². The lowest BCUT2D eigenvalue weighted by Crippen LogP contribution is -2.41. The van der Waals surface area contributed by atoms with Gasteiger partial charge in [-0.15, -0.1) is 0 Å². The van der Waals surface area contributed by atoms with Crippen LogP contribution in [0.15, 0.2) is 47.7 Å². The molecular formula is C20H32N6. The second kappa shape index (κ2) is 10.6. The third-order valence-electron chi connectivity index (χ3n) is 4.50. The summed E-state index contributed by atoms with van der Waals surface area (Å²) in [5.74, 6) is 0.840. The number of nitrogens with zero attached hydrogens (tertiary/aromatic N) is 4. The summed E-state index contributed by atoms with van der Waals surface area (Å²) < 4.78 is 1.94. The van der Waals surface area contributed by atoms with Gasteiger partial charge in [0, 0.05) is 38.9 Å². The first kappa shape index (κ1) is 20.0. The van der Waals surface area contributed by atoms with E-state index in [0.717, 1.165) is 38.6 Å². The Hall–Kier alpha value is -2.34. The molecule has 0 bridgehead atoms. The molecule has 2 rings (SSSR count). The van der Waals surface area contributed by atoms with Crippen LogP contribution in [-0.4, -0.2) is 53.9 Å². The number of hydrogen-bond acceptors (Lipinski definition) is 3. The molecule has 0 radical (unpaired) electrons. The molecule has 0 amide bonds. The molecule has 1 unspecified atom stereocenters. The number of aryl methyl sites for hydroxylation is 1. The first-order chi connectivity index (χ1) is 12.6. The second-order valence-electron chi connectivity index (χ2n) is 6.74. The van der Waals surface area contributed by atoms with Gasteiger partial charge in [-0.05, 0) is 38.4 Å². The molecule has 6 nitrogen and oxygen atoms in total. The monoisotopic (exact) mass is 356 g/mol. The van der Waals surface area contributed by atoms with Gasteiger partial charge in [-0.1, -0.05) is 30.3 Å². The Morgan fingerprint density at radius 1 is 1.23 bits per heavy atom. The third kappa shape index (κ3) is 6.88. The van der Waals surface area contributed by atoms with E-state index in [1.807, 2.05) is 24.0 Å². The molecule has 1 heterocycles. The van der Waals surface area contributed by atoms with Gasteiger partial charge in [0.05, 0.1) is 12.7 Å². The Bertz CT molecular complexity index is 664. The molecule has 0 aliphatic carbocycles. The highest BCUT2D eigenvalue weighted by Crippen LogP contribution is 2.07. The number of benzene rings is 1. The molecule has 0 saturated heterocycles. The van der Waals surface area contributed by atoms with Gasteiger partial charge in [0.2, 0.25) is 0 Å². The highest BCUT2D eigenvalue weighted by Gasteiger charge is 2.09. The van der Waals surface area contributed by atoms with Crippen molar-refractivity contribution in [3.05, 3.63) is 53.9 Å². The van der Waals surface area contributed by atoms with Crippen LogP contribution in [-0.2, 0) is 13.1 Å². The van der Waals surface area contributed by atoms with E-state index in [2.05, 4.69) is 69.9 Å². The zero-order valence-electron chi connectivity index (χ0n) is 16.4. The van der Waals surface area contributed by atoms with Crippen LogP contribution in [0.1, 0.15) is 24.5 Å². The summed E-state index contributed by atoms with van der Waals surface area (Å²) in [4.78, 5) is 6.67.